The zero-order chi connectivity index (χ0) is 22.5. The van der Waals surface area contributed by atoms with Crippen molar-refractivity contribution in [3.05, 3.63) is 84.6 Å². The average molecular weight is 427 g/mol. The first-order valence-electron chi connectivity index (χ1n) is 10.0. The van der Waals surface area contributed by atoms with Crippen molar-refractivity contribution in [2.24, 2.45) is 0 Å². The third-order valence-corrected chi connectivity index (χ3v) is 4.85. The number of carbonyl (C=O) groups excluding carboxylic acids is 2. The molecule has 0 aliphatic heterocycles. The van der Waals surface area contributed by atoms with Crippen molar-refractivity contribution in [2.45, 2.75) is 13.0 Å². The van der Waals surface area contributed by atoms with Gasteiger partial charge in [-0.3, -0.25) is 9.78 Å². The number of ether oxygens (including phenoxy) is 2. The van der Waals surface area contributed by atoms with Crippen molar-refractivity contribution in [1.29, 1.82) is 0 Å². The Balaban J connectivity index is 1.39. The van der Waals surface area contributed by atoms with Gasteiger partial charge in [-0.25, -0.2) is 9.78 Å². The van der Waals surface area contributed by atoms with Crippen molar-refractivity contribution < 1.29 is 19.1 Å². The number of aromatic nitrogens is 2. The highest BCUT2D eigenvalue weighted by molar-refractivity contribution is 5.95. The van der Waals surface area contributed by atoms with Gasteiger partial charge in [0.25, 0.3) is 5.91 Å². The first kappa shape index (κ1) is 21.0. The number of methoxy groups -OCH3 is 1. The molecule has 1 atom stereocenters. The van der Waals surface area contributed by atoms with Gasteiger partial charge in [0.05, 0.1) is 35.6 Å². The largest absolute Gasteiger partial charge is 0.481 e. The lowest BCUT2D eigenvalue weighted by Gasteiger charge is -2.15. The van der Waals surface area contributed by atoms with Crippen LogP contribution in [0.25, 0.3) is 22.3 Å². The molecule has 0 bridgehead atoms. The highest BCUT2D eigenvalue weighted by atomic mass is 16.5. The van der Waals surface area contributed by atoms with Crippen molar-refractivity contribution in [1.82, 2.24) is 9.97 Å². The molecule has 1 aromatic heterocycles. The molecule has 0 unspecified atom stereocenters. The maximum Gasteiger partial charge on any atom is 0.337 e. The van der Waals surface area contributed by atoms with E-state index in [0.29, 0.717) is 17.0 Å². The van der Waals surface area contributed by atoms with Gasteiger partial charge in [0.1, 0.15) is 5.75 Å². The second-order valence-corrected chi connectivity index (χ2v) is 7.09. The standard InChI is InChI=1S/C25H21N3O4/c1-16(24(29)27-19-11-7-18(8-12-19)25(30)31-2)32-20-13-9-17(10-14-20)23-15-26-21-5-3-4-6-22(21)28-23/h3-16H,1-2H3,(H,27,29)/t16-/m1/s1. The number of nitrogens with zero attached hydrogens (tertiary/aromatic N) is 2. The number of rotatable bonds is 6. The fraction of sp³-hybridized carbons (Fsp3) is 0.120. The van der Waals surface area contributed by atoms with Gasteiger partial charge in [-0.2, -0.15) is 0 Å². The Morgan fingerprint density at radius 3 is 2.28 bits per heavy atom. The van der Waals surface area contributed by atoms with Gasteiger partial charge in [-0.15, -0.1) is 0 Å². The van der Waals surface area contributed by atoms with Gasteiger partial charge in [-0.1, -0.05) is 12.1 Å². The second-order valence-electron chi connectivity index (χ2n) is 7.09. The Morgan fingerprint density at radius 1 is 0.906 bits per heavy atom. The molecule has 0 aliphatic rings. The van der Waals surface area contributed by atoms with E-state index in [-0.39, 0.29) is 5.91 Å². The lowest BCUT2D eigenvalue weighted by atomic mass is 10.1. The number of esters is 1. The molecule has 4 aromatic rings. The Hall–Kier alpha value is -4.26. The summed E-state index contributed by atoms with van der Waals surface area (Å²) in [6.07, 6.45) is 1.02. The molecule has 3 aromatic carbocycles. The zero-order valence-electron chi connectivity index (χ0n) is 17.6. The topological polar surface area (TPSA) is 90.4 Å². The van der Waals surface area contributed by atoms with Gasteiger partial charge in [0.2, 0.25) is 0 Å². The number of benzene rings is 3. The molecule has 1 amide bonds. The van der Waals surface area contributed by atoms with E-state index in [4.69, 9.17) is 4.74 Å². The van der Waals surface area contributed by atoms with Crippen molar-refractivity contribution in [2.75, 3.05) is 12.4 Å². The molecule has 7 heteroatoms. The SMILES string of the molecule is COC(=O)c1ccc(NC(=O)[C@@H](C)Oc2ccc(-c3cnc4ccccc4n3)cc2)cc1. The van der Waals surface area contributed by atoms with Crippen LogP contribution in [0.3, 0.4) is 0 Å². The van der Waals surface area contributed by atoms with E-state index >= 15 is 0 Å². The number of hydrogen-bond donors (Lipinski definition) is 1. The Kier molecular flexibility index (Phi) is 6.07. The van der Waals surface area contributed by atoms with Crippen LogP contribution in [-0.2, 0) is 9.53 Å². The van der Waals surface area contributed by atoms with Crippen LogP contribution in [0.5, 0.6) is 5.75 Å². The van der Waals surface area contributed by atoms with Crippen LogP contribution >= 0.6 is 0 Å². The number of anilines is 1. The Bertz CT molecular complexity index is 1250. The van der Waals surface area contributed by atoms with Crippen LogP contribution in [0.4, 0.5) is 5.69 Å². The molecule has 0 spiro atoms. The van der Waals surface area contributed by atoms with Crippen molar-refractivity contribution >= 4 is 28.6 Å². The number of fused-ring (bicyclic) bond motifs is 1. The van der Waals surface area contributed by atoms with Crippen LogP contribution in [0, 0.1) is 0 Å². The third kappa shape index (κ3) is 4.73. The monoisotopic (exact) mass is 427 g/mol. The summed E-state index contributed by atoms with van der Waals surface area (Å²) in [6.45, 7) is 1.67. The van der Waals surface area contributed by atoms with Gasteiger partial charge in [0.15, 0.2) is 6.10 Å². The maximum atomic E-state index is 12.5. The minimum atomic E-state index is -0.721. The lowest BCUT2D eigenvalue weighted by Crippen LogP contribution is -2.30. The molecular weight excluding hydrogens is 406 g/mol. The van der Waals surface area contributed by atoms with E-state index < -0.39 is 12.1 Å². The van der Waals surface area contributed by atoms with E-state index in [1.54, 1.807) is 49.5 Å². The number of amides is 1. The predicted molar refractivity (Wildman–Crippen MR) is 121 cm³/mol. The highest BCUT2D eigenvalue weighted by Crippen LogP contribution is 2.23. The lowest BCUT2D eigenvalue weighted by molar-refractivity contribution is -0.122. The molecule has 160 valence electrons. The van der Waals surface area contributed by atoms with E-state index in [2.05, 4.69) is 20.0 Å². The predicted octanol–water partition coefficient (Wildman–Crippen LogP) is 4.49. The fourth-order valence-corrected chi connectivity index (χ4v) is 3.11. The summed E-state index contributed by atoms with van der Waals surface area (Å²) < 4.78 is 10.4. The van der Waals surface area contributed by atoms with Crippen LogP contribution in [0.1, 0.15) is 17.3 Å². The molecule has 0 saturated heterocycles. The van der Waals surface area contributed by atoms with Crippen LogP contribution < -0.4 is 10.1 Å². The van der Waals surface area contributed by atoms with Gasteiger partial charge >= 0.3 is 5.97 Å². The minimum absolute atomic E-state index is 0.305. The fourth-order valence-electron chi connectivity index (χ4n) is 3.11. The van der Waals surface area contributed by atoms with Crippen LogP contribution in [0.15, 0.2) is 79.0 Å². The molecule has 0 radical (unpaired) electrons. The van der Waals surface area contributed by atoms with Crippen LogP contribution in [0.2, 0.25) is 0 Å². The Labute approximate surface area is 185 Å². The first-order chi connectivity index (χ1) is 15.5. The number of nitrogens with one attached hydrogen (secondary N) is 1. The molecule has 4 rings (SSSR count). The van der Waals surface area contributed by atoms with E-state index in [1.807, 2.05) is 36.4 Å². The van der Waals surface area contributed by atoms with Crippen molar-refractivity contribution in [3.8, 4) is 17.0 Å². The van der Waals surface area contributed by atoms with Gasteiger partial charge in [-0.05, 0) is 67.6 Å². The molecular formula is C25H21N3O4. The van der Waals surface area contributed by atoms with Crippen LogP contribution in [-0.4, -0.2) is 35.1 Å². The third-order valence-electron chi connectivity index (χ3n) is 4.85. The molecule has 7 nitrogen and oxygen atoms in total. The van der Waals surface area contributed by atoms with Gasteiger partial charge < -0.3 is 14.8 Å². The molecule has 1 heterocycles. The number of hydrogen-bond acceptors (Lipinski definition) is 6. The molecule has 0 fully saturated rings. The van der Waals surface area contributed by atoms with Gasteiger partial charge in [0, 0.05) is 11.3 Å². The average Bonchev–Trinajstić information content (AvgIpc) is 2.84. The molecule has 1 N–H and O–H groups in total. The first-order valence-corrected chi connectivity index (χ1v) is 10.0. The summed E-state index contributed by atoms with van der Waals surface area (Å²) in [6, 6.07) is 21.5. The molecule has 0 aliphatic carbocycles. The number of carbonyl (C=O) groups is 2. The minimum Gasteiger partial charge on any atom is -0.481 e. The zero-order valence-corrected chi connectivity index (χ0v) is 17.6. The summed E-state index contributed by atoms with van der Waals surface area (Å²) in [5.41, 5.74) is 4.30. The van der Waals surface area contributed by atoms with E-state index in [0.717, 1.165) is 22.3 Å². The summed E-state index contributed by atoms with van der Waals surface area (Å²) in [4.78, 5) is 33.0. The van der Waals surface area contributed by atoms with E-state index in [1.165, 1.54) is 7.11 Å². The summed E-state index contributed by atoms with van der Waals surface area (Å²) in [5, 5.41) is 2.77. The Morgan fingerprint density at radius 2 is 1.59 bits per heavy atom. The van der Waals surface area contributed by atoms with Crippen molar-refractivity contribution in [3.63, 3.8) is 0 Å². The summed E-state index contributed by atoms with van der Waals surface area (Å²) >= 11 is 0. The second kappa shape index (κ2) is 9.26. The number of para-hydroxylation sites is 2. The normalized spacial score (nSPS) is 11.6. The summed E-state index contributed by atoms with van der Waals surface area (Å²) in [5.74, 6) is -0.177. The quantitative estimate of drug-likeness (QED) is 0.456. The highest BCUT2D eigenvalue weighted by Gasteiger charge is 2.15. The molecule has 0 saturated carbocycles. The van der Waals surface area contributed by atoms with E-state index in [9.17, 15) is 9.59 Å². The summed E-state index contributed by atoms with van der Waals surface area (Å²) in [7, 11) is 1.32. The molecule has 32 heavy (non-hydrogen) atoms. The smallest absolute Gasteiger partial charge is 0.337 e. The maximum absolute atomic E-state index is 12.5.